The summed E-state index contributed by atoms with van der Waals surface area (Å²) in [7, 11) is 2.56. The Hall–Kier alpha value is -2.32. The van der Waals surface area contributed by atoms with E-state index in [4.69, 9.17) is 18.0 Å². The molecule has 0 saturated heterocycles. The summed E-state index contributed by atoms with van der Waals surface area (Å²) in [5.41, 5.74) is 1.26. The predicted octanol–water partition coefficient (Wildman–Crippen LogP) is 6.46. The summed E-state index contributed by atoms with van der Waals surface area (Å²) in [4.78, 5) is 25.4. The summed E-state index contributed by atoms with van der Waals surface area (Å²) in [5.74, 6) is -0.608. The second kappa shape index (κ2) is 16.4. The third kappa shape index (κ3) is 9.68. The van der Waals surface area contributed by atoms with Gasteiger partial charge in [0.15, 0.2) is 5.78 Å². The van der Waals surface area contributed by atoms with E-state index in [0.29, 0.717) is 23.3 Å². The van der Waals surface area contributed by atoms with Crippen molar-refractivity contribution in [2.24, 2.45) is 0 Å². The van der Waals surface area contributed by atoms with Gasteiger partial charge in [0.05, 0.1) is 12.2 Å². The number of rotatable bonds is 18. The maximum absolute atomic E-state index is 12.8. The topological polar surface area (TPSA) is 71.1 Å². The second-order valence-corrected chi connectivity index (χ2v) is 11.7. The smallest absolute Gasteiger partial charge is 0.462 e. The molecule has 0 spiro atoms. The number of carbonyl (C=O) groups is 2. The van der Waals surface area contributed by atoms with E-state index in [0.717, 1.165) is 38.1 Å². The molecular formula is C28H40O6Si. The number of hydrogen-bond acceptors (Lipinski definition) is 6. The van der Waals surface area contributed by atoms with Crippen molar-refractivity contribution in [2.45, 2.75) is 63.8 Å². The van der Waals surface area contributed by atoms with Gasteiger partial charge in [0.1, 0.15) is 0 Å². The fourth-order valence-corrected chi connectivity index (χ4v) is 5.88. The molecule has 0 unspecified atom stereocenters. The third-order valence-electron chi connectivity index (χ3n) is 6.22. The van der Waals surface area contributed by atoms with Crippen molar-refractivity contribution in [3.8, 4) is 0 Å². The van der Waals surface area contributed by atoms with Crippen molar-refractivity contribution >= 4 is 20.6 Å². The van der Waals surface area contributed by atoms with E-state index in [2.05, 4.69) is 0 Å². The molecule has 0 atom stereocenters. The average Bonchev–Trinajstić information content (AvgIpc) is 2.91. The van der Waals surface area contributed by atoms with Gasteiger partial charge in [-0.3, -0.25) is 4.79 Å². The molecule has 0 radical (unpaired) electrons. The molecule has 0 amide bonds. The number of ketones is 1. The Kier molecular flexibility index (Phi) is 13.5. The standard InChI is InChI=1S/C28H40O6Si/c1-31-35(32-2,33-3)23-17-10-8-6-4-5-7-9-16-22-34-28(30)26-21-15-14-20-25(26)27(29)24-18-12-11-13-19-24/h11-15,18-21H,4-10,16-17,22-23H2,1-3H3. The molecule has 0 heterocycles. The first kappa shape index (κ1) is 28.9. The van der Waals surface area contributed by atoms with E-state index in [1.54, 1.807) is 57.7 Å². The largest absolute Gasteiger partial charge is 0.500 e. The van der Waals surface area contributed by atoms with E-state index in [9.17, 15) is 9.59 Å². The van der Waals surface area contributed by atoms with Crippen LogP contribution < -0.4 is 0 Å². The molecule has 35 heavy (non-hydrogen) atoms. The van der Waals surface area contributed by atoms with E-state index in [1.807, 2.05) is 18.2 Å². The van der Waals surface area contributed by atoms with Gasteiger partial charge in [-0.05, 0) is 18.9 Å². The van der Waals surface area contributed by atoms with Crippen LogP contribution in [-0.2, 0) is 18.0 Å². The van der Waals surface area contributed by atoms with Crippen LogP contribution in [0.4, 0.5) is 0 Å². The minimum atomic E-state index is -2.42. The molecule has 2 rings (SSSR count). The monoisotopic (exact) mass is 500 g/mol. The normalized spacial score (nSPS) is 11.4. The fourth-order valence-electron chi connectivity index (χ4n) is 4.08. The van der Waals surface area contributed by atoms with Gasteiger partial charge in [0.2, 0.25) is 0 Å². The Labute approximate surface area is 211 Å². The zero-order valence-corrected chi connectivity index (χ0v) is 22.4. The van der Waals surface area contributed by atoms with Crippen molar-refractivity contribution in [3.63, 3.8) is 0 Å². The van der Waals surface area contributed by atoms with Crippen LogP contribution in [0.1, 0.15) is 84.1 Å². The van der Waals surface area contributed by atoms with Crippen molar-refractivity contribution in [3.05, 3.63) is 71.3 Å². The minimum Gasteiger partial charge on any atom is -0.462 e. The van der Waals surface area contributed by atoms with Crippen LogP contribution in [0, 0.1) is 0 Å². The summed E-state index contributed by atoms with van der Waals surface area (Å²) in [6.07, 6.45) is 10.1. The zero-order valence-electron chi connectivity index (χ0n) is 21.4. The summed E-state index contributed by atoms with van der Waals surface area (Å²) in [6, 6.07) is 16.7. The predicted molar refractivity (Wildman–Crippen MR) is 140 cm³/mol. The van der Waals surface area contributed by atoms with Crippen LogP contribution >= 0.6 is 0 Å². The molecule has 0 bridgehead atoms. The van der Waals surface area contributed by atoms with Crippen molar-refractivity contribution in [2.75, 3.05) is 27.9 Å². The second-order valence-electron chi connectivity index (χ2n) is 8.60. The lowest BCUT2D eigenvalue weighted by Gasteiger charge is -2.24. The maximum Gasteiger partial charge on any atom is 0.500 e. The number of carbonyl (C=O) groups excluding carboxylic acids is 2. The summed E-state index contributed by atoms with van der Waals surface area (Å²) in [6.45, 7) is 0.372. The lowest BCUT2D eigenvalue weighted by molar-refractivity contribution is 0.0495. The zero-order chi connectivity index (χ0) is 25.4. The van der Waals surface area contributed by atoms with E-state index in [-0.39, 0.29) is 5.78 Å². The highest BCUT2D eigenvalue weighted by Crippen LogP contribution is 2.19. The molecule has 192 valence electrons. The Balaban J connectivity index is 1.57. The van der Waals surface area contributed by atoms with E-state index >= 15 is 0 Å². The van der Waals surface area contributed by atoms with E-state index in [1.165, 1.54) is 25.7 Å². The van der Waals surface area contributed by atoms with Crippen LogP contribution in [0.2, 0.25) is 6.04 Å². The Morgan fingerprint density at radius 2 is 1.11 bits per heavy atom. The number of unbranched alkanes of at least 4 members (excludes halogenated alkanes) is 8. The van der Waals surface area contributed by atoms with Crippen LogP contribution in [-0.4, -0.2) is 48.5 Å². The molecule has 2 aromatic rings. The number of ether oxygens (including phenoxy) is 1. The molecule has 0 fully saturated rings. The summed E-state index contributed by atoms with van der Waals surface area (Å²) < 4.78 is 21.8. The fraction of sp³-hybridized carbons (Fsp3) is 0.500. The highest BCUT2D eigenvalue weighted by atomic mass is 28.4. The van der Waals surface area contributed by atoms with Gasteiger partial charge in [0.25, 0.3) is 0 Å². The molecule has 7 heteroatoms. The molecule has 0 aliphatic carbocycles. The lowest BCUT2D eigenvalue weighted by atomic mass is 9.98. The minimum absolute atomic E-state index is 0.171. The van der Waals surface area contributed by atoms with Crippen LogP contribution in [0.5, 0.6) is 0 Å². The molecule has 0 saturated carbocycles. The van der Waals surface area contributed by atoms with Crippen LogP contribution in [0.15, 0.2) is 54.6 Å². The number of hydrogen-bond donors (Lipinski definition) is 0. The molecule has 0 aromatic heterocycles. The quantitative estimate of drug-likeness (QED) is 0.101. The molecule has 0 N–H and O–H groups in total. The number of benzene rings is 2. The Morgan fingerprint density at radius 3 is 1.69 bits per heavy atom. The summed E-state index contributed by atoms with van der Waals surface area (Å²) in [5, 5.41) is 0. The first-order valence-electron chi connectivity index (χ1n) is 12.6. The third-order valence-corrected chi connectivity index (χ3v) is 9.05. The van der Waals surface area contributed by atoms with Gasteiger partial charge in [-0.2, -0.15) is 0 Å². The van der Waals surface area contributed by atoms with Crippen molar-refractivity contribution < 1.29 is 27.6 Å². The van der Waals surface area contributed by atoms with Crippen LogP contribution in [0.25, 0.3) is 0 Å². The first-order valence-corrected chi connectivity index (χ1v) is 14.5. The highest BCUT2D eigenvalue weighted by molar-refractivity contribution is 6.60. The van der Waals surface area contributed by atoms with Crippen molar-refractivity contribution in [1.29, 1.82) is 0 Å². The number of esters is 1. The van der Waals surface area contributed by atoms with Gasteiger partial charge in [-0.1, -0.05) is 93.5 Å². The lowest BCUT2D eigenvalue weighted by Crippen LogP contribution is -2.42. The molecule has 0 aliphatic heterocycles. The van der Waals surface area contributed by atoms with Gasteiger partial charge < -0.3 is 18.0 Å². The molecule has 0 aliphatic rings. The van der Waals surface area contributed by atoms with Gasteiger partial charge in [-0.15, -0.1) is 0 Å². The maximum atomic E-state index is 12.8. The molecular weight excluding hydrogens is 460 g/mol. The molecule has 2 aromatic carbocycles. The van der Waals surface area contributed by atoms with Crippen molar-refractivity contribution in [1.82, 2.24) is 0 Å². The van der Waals surface area contributed by atoms with E-state index < -0.39 is 14.8 Å². The van der Waals surface area contributed by atoms with Gasteiger partial charge >= 0.3 is 14.8 Å². The molecule has 6 nitrogen and oxygen atoms in total. The SMILES string of the molecule is CO[Si](CCCCCCCCCCCOC(=O)c1ccccc1C(=O)c1ccccc1)(OC)OC. The first-order chi connectivity index (χ1) is 17.1. The highest BCUT2D eigenvalue weighted by Gasteiger charge is 2.36. The Morgan fingerprint density at radius 1 is 0.629 bits per heavy atom. The van der Waals surface area contributed by atoms with Gasteiger partial charge in [-0.25, -0.2) is 4.79 Å². The summed E-state index contributed by atoms with van der Waals surface area (Å²) >= 11 is 0. The Bertz CT molecular complexity index is 874. The average molecular weight is 501 g/mol. The van der Waals surface area contributed by atoms with Crippen LogP contribution in [0.3, 0.4) is 0 Å². The van der Waals surface area contributed by atoms with Gasteiger partial charge in [0, 0.05) is 38.5 Å².